The average molecular weight is 235 g/mol. The first-order valence-electron chi connectivity index (χ1n) is 4.98. The maximum atomic E-state index is 10.5. The van der Waals surface area contributed by atoms with Gasteiger partial charge in [0.2, 0.25) is 5.91 Å². The fourth-order valence-corrected chi connectivity index (χ4v) is 1.21. The van der Waals surface area contributed by atoms with Crippen LogP contribution >= 0.6 is 11.8 Å². The highest BCUT2D eigenvalue weighted by Gasteiger charge is 2.16. The van der Waals surface area contributed by atoms with Gasteiger partial charge in [-0.05, 0) is 18.4 Å². The van der Waals surface area contributed by atoms with Crippen molar-refractivity contribution < 1.29 is 14.7 Å². The third kappa shape index (κ3) is 13.3. The van der Waals surface area contributed by atoms with Crippen molar-refractivity contribution in [2.45, 2.75) is 39.7 Å². The van der Waals surface area contributed by atoms with Gasteiger partial charge >= 0.3 is 5.97 Å². The molecule has 0 aliphatic heterocycles. The number of thioether (sulfide) groups is 1. The lowest BCUT2D eigenvalue weighted by Crippen LogP contribution is -2.39. The fraction of sp³-hybridized carbons (Fsp3) is 0.800. The largest absolute Gasteiger partial charge is 0.480 e. The number of carboxylic acid groups (broad SMARTS) is 1. The molecule has 0 aromatic rings. The first-order chi connectivity index (χ1) is 6.99. The number of rotatable bonds is 5. The van der Waals surface area contributed by atoms with Crippen LogP contribution in [-0.4, -0.2) is 35.0 Å². The molecule has 5 heteroatoms. The maximum Gasteiger partial charge on any atom is 0.326 e. The number of aliphatic carboxylic acids is 1. The standard InChI is InChI=1S/C7H13NO3S.C3H8/c1-5(9)8-6(7(10)11)3-4-12-2;1-3-2/h6H,3-4H2,1-2H3,(H,8,9)(H,10,11);3H2,1-2H3. The number of carboxylic acids is 1. The SMILES string of the molecule is CCC.CSCCC(NC(C)=O)C(=O)O. The van der Waals surface area contributed by atoms with Crippen LogP contribution in [0.15, 0.2) is 0 Å². The van der Waals surface area contributed by atoms with Gasteiger partial charge in [-0.15, -0.1) is 0 Å². The minimum absolute atomic E-state index is 0.302. The highest BCUT2D eigenvalue weighted by Crippen LogP contribution is 2.00. The molecule has 1 amide bonds. The Balaban J connectivity index is 0. The molecular weight excluding hydrogens is 214 g/mol. The molecule has 15 heavy (non-hydrogen) atoms. The van der Waals surface area contributed by atoms with E-state index in [2.05, 4.69) is 19.2 Å². The normalized spacial score (nSPS) is 10.9. The van der Waals surface area contributed by atoms with Gasteiger partial charge in [-0.3, -0.25) is 4.79 Å². The van der Waals surface area contributed by atoms with Gasteiger partial charge in [-0.25, -0.2) is 4.79 Å². The summed E-state index contributed by atoms with van der Waals surface area (Å²) in [5, 5.41) is 11.0. The van der Waals surface area contributed by atoms with E-state index in [0.717, 1.165) is 5.75 Å². The first-order valence-corrected chi connectivity index (χ1v) is 6.37. The Hall–Kier alpha value is -0.710. The lowest BCUT2D eigenvalue weighted by atomic mass is 10.2. The van der Waals surface area contributed by atoms with Gasteiger partial charge < -0.3 is 10.4 Å². The predicted molar refractivity (Wildman–Crippen MR) is 64.2 cm³/mol. The van der Waals surface area contributed by atoms with Crippen molar-refractivity contribution in [3.8, 4) is 0 Å². The molecule has 2 N–H and O–H groups in total. The minimum Gasteiger partial charge on any atom is -0.480 e. The molecular formula is C10H21NO3S. The van der Waals surface area contributed by atoms with E-state index in [-0.39, 0.29) is 5.91 Å². The van der Waals surface area contributed by atoms with E-state index in [9.17, 15) is 9.59 Å². The number of nitrogens with one attached hydrogen (secondary N) is 1. The van der Waals surface area contributed by atoms with E-state index in [4.69, 9.17) is 5.11 Å². The van der Waals surface area contributed by atoms with Crippen LogP contribution in [0.25, 0.3) is 0 Å². The first kappa shape index (κ1) is 16.7. The molecule has 1 unspecified atom stereocenters. The highest BCUT2D eigenvalue weighted by molar-refractivity contribution is 7.98. The van der Waals surface area contributed by atoms with E-state index in [1.807, 2.05) is 6.26 Å². The molecule has 0 aliphatic rings. The Bertz CT molecular complexity index is 186. The summed E-state index contributed by atoms with van der Waals surface area (Å²) < 4.78 is 0. The van der Waals surface area contributed by atoms with Gasteiger partial charge in [-0.2, -0.15) is 11.8 Å². The van der Waals surface area contributed by atoms with Gasteiger partial charge in [0.05, 0.1) is 0 Å². The Labute approximate surface area is 95.8 Å². The van der Waals surface area contributed by atoms with Crippen LogP contribution in [0.1, 0.15) is 33.6 Å². The molecule has 0 spiro atoms. The number of hydrogen-bond donors (Lipinski definition) is 2. The van der Waals surface area contributed by atoms with Crippen molar-refractivity contribution in [3.63, 3.8) is 0 Å². The van der Waals surface area contributed by atoms with Crippen LogP contribution in [0.4, 0.5) is 0 Å². The number of carbonyl (C=O) groups is 2. The molecule has 0 bridgehead atoms. The zero-order valence-corrected chi connectivity index (χ0v) is 10.7. The maximum absolute atomic E-state index is 10.5. The molecule has 0 saturated carbocycles. The predicted octanol–water partition coefficient (Wildman–Crippen LogP) is 1.75. The van der Waals surface area contributed by atoms with E-state index in [1.165, 1.54) is 13.3 Å². The molecule has 0 saturated heterocycles. The lowest BCUT2D eigenvalue weighted by Gasteiger charge is -2.11. The number of carbonyl (C=O) groups excluding carboxylic acids is 1. The molecule has 0 aliphatic carbocycles. The summed E-state index contributed by atoms with van der Waals surface area (Å²) in [6, 6.07) is -0.741. The van der Waals surface area contributed by atoms with Crippen molar-refractivity contribution in [1.29, 1.82) is 0 Å². The van der Waals surface area contributed by atoms with Crippen molar-refractivity contribution in [3.05, 3.63) is 0 Å². The zero-order valence-electron chi connectivity index (χ0n) is 9.87. The number of hydrogen-bond acceptors (Lipinski definition) is 3. The smallest absolute Gasteiger partial charge is 0.326 e. The fourth-order valence-electron chi connectivity index (χ4n) is 0.738. The van der Waals surface area contributed by atoms with Crippen LogP contribution in [0.2, 0.25) is 0 Å². The average Bonchev–Trinajstić information content (AvgIpc) is 2.12. The second-order valence-electron chi connectivity index (χ2n) is 3.08. The third-order valence-corrected chi connectivity index (χ3v) is 1.93. The second-order valence-corrected chi connectivity index (χ2v) is 4.07. The van der Waals surface area contributed by atoms with E-state index < -0.39 is 12.0 Å². The molecule has 0 radical (unpaired) electrons. The quantitative estimate of drug-likeness (QED) is 0.762. The molecule has 0 heterocycles. The summed E-state index contributed by atoms with van der Waals surface area (Å²) in [4.78, 5) is 21.1. The van der Waals surface area contributed by atoms with Crippen LogP contribution in [-0.2, 0) is 9.59 Å². The van der Waals surface area contributed by atoms with Gasteiger partial charge in [-0.1, -0.05) is 20.3 Å². The highest BCUT2D eigenvalue weighted by atomic mass is 32.2. The summed E-state index contributed by atoms with van der Waals surface area (Å²) in [5.41, 5.74) is 0. The monoisotopic (exact) mass is 235 g/mol. The van der Waals surface area contributed by atoms with E-state index >= 15 is 0 Å². The van der Waals surface area contributed by atoms with Crippen LogP contribution in [0.3, 0.4) is 0 Å². The Kier molecular flexibility index (Phi) is 12.7. The second kappa shape index (κ2) is 11.4. The topological polar surface area (TPSA) is 66.4 Å². The molecule has 0 fully saturated rings. The Morgan fingerprint density at radius 3 is 2.13 bits per heavy atom. The van der Waals surface area contributed by atoms with Crippen LogP contribution in [0, 0.1) is 0 Å². The Morgan fingerprint density at radius 2 is 1.87 bits per heavy atom. The lowest BCUT2D eigenvalue weighted by molar-refractivity contribution is -0.141. The van der Waals surface area contributed by atoms with Gasteiger partial charge in [0.25, 0.3) is 0 Å². The van der Waals surface area contributed by atoms with Crippen molar-refractivity contribution in [2.24, 2.45) is 0 Å². The molecule has 0 aromatic carbocycles. The summed E-state index contributed by atoms with van der Waals surface area (Å²) in [7, 11) is 0. The summed E-state index contributed by atoms with van der Waals surface area (Å²) in [6.07, 6.45) is 3.61. The molecule has 90 valence electrons. The summed E-state index contributed by atoms with van der Waals surface area (Å²) in [6.45, 7) is 5.56. The molecule has 0 rings (SSSR count). The summed E-state index contributed by atoms with van der Waals surface area (Å²) >= 11 is 1.56. The van der Waals surface area contributed by atoms with Crippen LogP contribution in [0.5, 0.6) is 0 Å². The minimum atomic E-state index is -0.973. The van der Waals surface area contributed by atoms with Gasteiger partial charge in [0.1, 0.15) is 6.04 Å². The van der Waals surface area contributed by atoms with Gasteiger partial charge in [0, 0.05) is 6.92 Å². The van der Waals surface area contributed by atoms with E-state index in [1.54, 1.807) is 11.8 Å². The van der Waals surface area contributed by atoms with E-state index in [0.29, 0.717) is 6.42 Å². The molecule has 0 aromatic heterocycles. The number of amides is 1. The molecule has 4 nitrogen and oxygen atoms in total. The van der Waals surface area contributed by atoms with Crippen molar-refractivity contribution >= 4 is 23.6 Å². The molecule has 1 atom stereocenters. The Morgan fingerprint density at radius 1 is 1.40 bits per heavy atom. The van der Waals surface area contributed by atoms with Crippen molar-refractivity contribution in [1.82, 2.24) is 5.32 Å². The van der Waals surface area contributed by atoms with Gasteiger partial charge in [0.15, 0.2) is 0 Å². The zero-order chi connectivity index (χ0) is 12.3. The summed E-state index contributed by atoms with van der Waals surface area (Å²) in [5.74, 6) is -0.542. The van der Waals surface area contributed by atoms with Crippen molar-refractivity contribution in [2.75, 3.05) is 12.0 Å². The van der Waals surface area contributed by atoms with Crippen LogP contribution < -0.4 is 5.32 Å². The third-order valence-electron chi connectivity index (χ3n) is 1.29.